The second kappa shape index (κ2) is 4.79. The molecule has 12 heavy (non-hydrogen) atoms. The molecule has 0 unspecified atom stereocenters. The second-order valence-electron chi connectivity index (χ2n) is 2.48. The maximum absolute atomic E-state index is 9.12. The minimum Gasteiger partial charge on any atom is -0.377 e. The van der Waals surface area contributed by atoms with Gasteiger partial charge in [0.15, 0.2) is 0 Å². The lowest BCUT2D eigenvalue weighted by molar-refractivity contribution is -0.867. The fourth-order valence-corrected chi connectivity index (χ4v) is 2.27. The largest absolute Gasteiger partial charge is 0.519 e. The van der Waals surface area contributed by atoms with Crippen LogP contribution in [0, 0.1) is 3.57 Å². The van der Waals surface area contributed by atoms with Crippen LogP contribution in [0.25, 0.3) is 0 Å². The molecule has 1 aromatic carbocycles. The third-order valence-corrected chi connectivity index (χ3v) is 3.29. The summed E-state index contributed by atoms with van der Waals surface area (Å²) in [5.74, 6) is 0. The Balaban J connectivity index is 2.96. The van der Waals surface area contributed by atoms with Gasteiger partial charge in [0.25, 0.3) is 0 Å². The van der Waals surface area contributed by atoms with Gasteiger partial charge in [-0.1, -0.05) is 18.2 Å². The molecule has 1 N–H and O–H groups in total. The van der Waals surface area contributed by atoms with Crippen LogP contribution in [-0.2, 0) is 4.74 Å². The molecule has 0 aliphatic carbocycles. The molecule has 0 bridgehead atoms. The van der Waals surface area contributed by atoms with E-state index >= 15 is 0 Å². The van der Waals surface area contributed by atoms with E-state index in [2.05, 4.69) is 0 Å². The summed E-state index contributed by atoms with van der Waals surface area (Å²) >= 11 is -0.832. The monoisotopic (exact) mass is 279 g/mol. The minimum atomic E-state index is -0.832. The first-order chi connectivity index (χ1) is 5.79. The van der Waals surface area contributed by atoms with E-state index in [0.717, 1.165) is 9.13 Å². The highest BCUT2D eigenvalue weighted by Gasteiger charge is 2.18. The van der Waals surface area contributed by atoms with E-state index in [1.54, 1.807) is 7.11 Å². The van der Waals surface area contributed by atoms with E-state index in [-0.39, 0.29) is 6.10 Å². The van der Waals surface area contributed by atoms with Crippen molar-refractivity contribution in [1.82, 2.24) is 0 Å². The summed E-state index contributed by atoms with van der Waals surface area (Å²) in [5.41, 5.74) is 1.11. The van der Waals surface area contributed by atoms with E-state index in [0.29, 0.717) is 0 Å². The maximum Gasteiger partial charge on any atom is 0.519 e. The molecule has 0 fully saturated rings. The predicted octanol–water partition coefficient (Wildman–Crippen LogP) is -1.44. The smallest absolute Gasteiger partial charge is 0.377 e. The molecule has 2 nitrogen and oxygen atoms in total. The van der Waals surface area contributed by atoms with E-state index < -0.39 is 21.6 Å². The fourth-order valence-electron chi connectivity index (χ4n) is 1.01. The lowest BCUT2D eigenvalue weighted by Crippen LogP contribution is -3.61. The molecule has 66 valence electrons. The number of halogens is 1. The van der Waals surface area contributed by atoms with Crippen LogP contribution < -0.4 is 21.6 Å². The van der Waals surface area contributed by atoms with Gasteiger partial charge in [0.1, 0.15) is 0 Å². The van der Waals surface area contributed by atoms with Gasteiger partial charge in [-0.2, -0.15) is 3.44 Å². The fraction of sp³-hybridized carbons (Fsp3) is 0.333. The molecule has 0 saturated heterocycles. The molecular weight excluding hydrogens is 267 g/mol. The van der Waals surface area contributed by atoms with Crippen LogP contribution in [0.15, 0.2) is 24.3 Å². The number of hydrogen-bond acceptors (Lipinski definition) is 2. The van der Waals surface area contributed by atoms with Crippen molar-refractivity contribution in [3.8, 4) is 0 Å². The molecule has 0 spiro atoms. The number of rotatable bonds is 3. The quantitative estimate of drug-likeness (QED) is 0.687. The van der Waals surface area contributed by atoms with Crippen LogP contribution in [0.5, 0.6) is 0 Å². The molecule has 0 aliphatic rings. The zero-order valence-corrected chi connectivity index (χ0v) is 9.28. The topological polar surface area (TPSA) is 29.5 Å². The Kier molecular flexibility index (Phi) is 3.97. The summed E-state index contributed by atoms with van der Waals surface area (Å²) in [6, 6.07) is 7.86. The molecule has 0 aliphatic heterocycles. The number of benzene rings is 1. The van der Waals surface area contributed by atoms with Crippen molar-refractivity contribution < 1.29 is 29.8 Å². The van der Waals surface area contributed by atoms with Gasteiger partial charge in [0.2, 0.25) is 3.57 Å². The highest BCUT2D eigenvalue weighted by atomic mass is 127. The summed E-state index contributed by atoms with van der Waals surface area (Å²) in [5, 5.41) is 0. The van der Waals surface area contributed by atoms with Crippen LogP contribution in [-0.4, -0.2) is 10.5 Å². The zero-order chi connectivity index (χ0) is 8.97. The summed E-state index contributed by atoms with van der Waals surface area (Å²) in [7, 11) is 1.68. The van der Waals surface area contributed by atoms with Crippen LogP contribution in [0.1, 0.15) is 18.6 Å². The lowest BCUT2D eigenvalue weighted by atomic mass is 10.1. The predicted molar refractivity (Wildman–Crippen MR) is 42.8 cm³/mol. The van der Waals surface area contributed by atoms with Gasteiger partial charge in [0, 0.05) is 12.7 Å². The van der Waals surface area contributed by atoms with Gasteiger partial charge in [-0.25, -0.2) is 0 Å². The van der Waals surface area contributed by atoms with E-state index in [9.17, 15) is 0 Å². The maximum atomic E-state index is 9.12. The third kappa shape index (κ3) is 2.18. The Morgan fingerprint density at radius 1 is 1.42 bits per heavy atom. The van der Waals surface area contributed by atoms with E-state index in [1.165, 1.54) is 0 Å². The average molecular weight is 279 g/mol. The van der Waals surface area contributed by atoms with Crippen LogP contribution in [0.4, 0.5) is 0 Å². The second-order valence-corrected chi connectivity index (χ2v) is 4.13. The molecule has 1 aromatic rings. The lowest BCUT2D eigenvalue weighted by Gasteiger charge is -2.07. The van der Waals surface area contributed by atoms with Crippen molar-refractivity contribution in [3.05, 3.63) is 33.4 Å². The zero-order valence-electron chi connectivity index (χ0n) is 7.12. The number of ether oxygens (including phenoxy) is 1. The van der Waals surface area contributed by atoms with E-state index in [4.69, 9.17) is 8.17 Å². The average Bonchev–Trinajstić information content (AvgIpc) is 2.16. The Morgan fingerprint density at radius 3 is 2.67 bits per heavy atom. The number of methoxy groups -OCH3 is 1. The molecule has 0 amide bonds. The molecule has 0 saturated carbocycles. The van der Waals surface area contributed by atoms with Gasteiger partial charge in [-0.3, -0.25) is 0 Å². The Hall–Kier alpha value is -0.130. The van der Waals surface area contributed by atoms with Gasteiger partial charge >= 0.3 is 21.6 Å². The van der Waals surface area contributed by atoms with Crippen molar-refractivity contribution in [2.45, 2.75) is 13.0 Å². The van der Waals surface area contributed by atoms with E-state index in [1.807, 2.05) is 31.2 Å². The molecule has 0 heterocycles. The Morgan fingerprint density at radius 2 is 2.08 bits per heavy atom. The van der Waals surface area contributed by atoms with Crippen molar-refractivity contribution >= 4 is 0 Å². The van der Waals surface area contributed by atoms with Crippen molar-refractivity contribution in [2.75, 3.05) is 7.11 Å². The summed E-state index contributed by atoms with van der Waals surface area (Å²) in [6.07, 6.45) is 0.0769. The Labute approximate surface area is 83.4 Å². The Bertz CT molecular complexity index is 250. The highest BCUT2D eigenvalue weighted by molar-refractivity contribution is 5.15. The highest BCUT2D eigenvalue weighted by Crippen LogP contribution is 2.14. The number of hydrogen-bond donors (Lipinski definition) is 1. The molecular formula is C9H12IO2+. The summed E-state index contributed by atoms with van der Waals surface area (Å²) in [4.78, 5) is 0. The molecule has 0 radical (unpaired) electrons. The van der Waals surface area contributed by atoms with Crippen molar-refractivity contribution in [2.24, 2.45) is 0 Å². The van der Waals surface area contributed by atoms with Gasteiger partial charge in [-0.05, 0) is 13.0 Å². The van der Waals surface area contributed by atoms with Crippen molar-refractivity contribution in [3.63, 3.8) is 0 Å². The van der Waals surface area contributed by atoms with Gasteiger partial charge in [0.05, 0.1) is 6.10 Å². The standard InChI is InChI=1S/C9H12IO2/c1-7(12-2)8-5-3-4-6-9(8)10-11/h3-7,11H,1-2H3/q+1/t7-/m0/s1. The summed E-state index contributed by atoms with van der Waals surface area (Å²) in [6.45, 7) is 1.98. The normalized spacial score (nSPS) is 12.9. The minimum absolute atomic E-state index is 0.0769. The van der Waals surface area contributed by atoms with Crippen LogP contribution >= 0.6 is 0 Å². The first kappa shape index (κ1) is 9.95. The summed E-state index contributed by atoms with van der Waals surface area (Å²) < 4.78 is 15.3. The van der Waals surface area contributed by atoms with Gasteiger partial charge in [-0.15, -0.1) is 0 Å². The molecule has 1 atom stereocenters. The van der Waals surface area contributed by atoms with Crippen LogP contribution in [0.2, 0.25) is 0 Å². The molecule has 3 heteroatoms. The molecule has 1 rings (SSSR count). The SMILES string of the molecule is CO[C@@H](C)c1ccccc1[I+]O. The van der Waals surface area contributed by atoms with Crippen LogP contribution in [0.3, 0.4) is 0 Å². The molecule has 0 aromatic heterocycles. The first-order valence-corrected chi connectivity index (χ1v) is 5.74. The third-order valence-electron chi connectivity index (χ3n) is 1.79. The van der Waals surface area contributed by atoms with Gasteiger partial charge < -0.3 is 4.74 Å². The first-order valence-electron chi connectivity index (χ1n) is 3.70. The van der Waals surface area contributed by atoms with Crippen molar-refractivity contribution in [1.29, 1.82) is 0 Å².